The number of phenols is 1. The van der Waals surface area contributed by atoms with Gasteiger partial charge in [-0.1, -0.05) is 12.1 Å². The lowest BCUT2D eigenvalue weighted by atomic mass is 10.1. The quantitative estimate of drug-likeness (QED) is 0.697. The molecular formula is C9H12FNO. The molecule has 1 rings (SSSR count). The Bertz CT molecular complexity index is 250. The number of hydrogen-bond acceptors (Lipinski definition) is 2. The Morgan fingerprint density at radius 3 is 2.83 bits per heavy atom. The monoisotopic (exact) mass is 169 g/mol. The van der Waals surface area contributed by atoms with Crippen molar-refractivity contribution in [3.05, 3.63) is 29.8 Å². The van der Waals surface area contributed by atoms with Crippen LogP contribution in [0.5, 0.6) is 5.75 Å². The van der Waals surface area contributed by atoms with E-state index in [4.69, 9.17) is 5.11 Å². The second kappa shape index (κ2) is 4.07. The Hall–Kier alpha value is -1.09. The number of halogens is 1. The van der Waals surface area contributed by atoms with Crippen molar-refractivity contribution in [2.75, 3.05) is 13.6 Å². The third kappa shape index (κ3) is 2.88. The minimum Gasteiger partial charge on any atom is -0.508 e. The number of aromatic hydroxyl groups is 1. The van der Waals surface area contributed by atoms with E-state index in [0.29, 0.717) is 18.1 Å². The summed E-state index contributed by atoms with van der Waals surface area (Å²) in [7, 11) is 1.38. The molecular weight excluding hydrogens is 157 g/mol. The van der Waals surface area contributed by atoms with Crippen molar-refractivity contribution in [1.82, 2.24) is 5.12 Å². The van der Waals surface area contributed by atoms with Crippen LogP contribution in [0.4, 0.5) is 4.48 Å². The fourth-order valence-electron chi connectivity index (χ4n) is 0.995. The summed E-state index contributed by atoms with van der Waals surface area (Å²) in [5.41, 5.74) is 0.944. The van der Waals surface area contributed by atoms with Gasteiger partial charge in [-0.2, -0.15) is 0 Å². The lowest BCUT2D eigenvalue weighted by molar-refractivity contribution is 0.0617. The SMILES string of the molecule is CN(F)CCc1cccc(O)c1. The normalized spacial score (nSPS) is 10.6. The summed E-state index contributed by atoms with van der Waals surface area (Å²) in [6.07, 6.45) is 0.612. The Labute approximate surface area is 71.2 Å². The van der Waals surface area contributed by atoms with Crippen LogP contribution in [-0.4, -0.2) is 23.8 Å². The molecule has 66 valence electrons. The average Bonchev–Trinajstić information content (AvgIpc) is 2.01. The Morgan fingerprint density at radius 2 is 2.25 bits per heavy atom. The molecule has 1 N–H and O–H groups in total. The van der Waals surface area contributed by atoms with Gasteiger partial charge in [0.25, 0.3) is 0 Å². The molecule has 3 heteroatoms. The lowest BCUT2D eigenvalue weighted by Crippen LogP contribution is -2.10. The molecule has 0 aliphatic heterocycles. The predicted octanol–water partition coefficient (Wildman–Crippen LogP) is 1.75. The molecule has 0 amide bonds. The first-order valence-corrected chi connectivity index (χ1v) is 3.83. The molecule has 0 spiro atoms. The Balaban J connectivity index is 2.52. The molecule has 12 heavy (non-hydrogen) atoms. The van der Waals surface area contributed by atoms with Gasteiger partial charge in [0, 0.05) is 13.6 Å². The first-order valence-electron chi connectivity index (χ1n) is 3.83. The molecule has 0 saturated carbocycles. The van der Waals surface area contributed by atoms with E-state index in [1.165, 1.54) is 7.05 Å². The highest BCUT2D eigenvalue weighted by Crippen LogP contribution is 2.11. The van der Waals surface area contributed by atoms with E-state index in [9.17, 15) is 4.48 Å². The van der Waals surface area contributed by atoms with Crippen molar-refractivity contribution in [3.63, 3.8) is 0 Å². The van der Waals surface area contributed by atoms with Crippen LogP contribution in [-0.2, 0) is 6.42 Å². The van der Waals surface area contributed by atoms with Crippen molar-refractivity contribution in [2.24, 2.45) is 0 Å². The van der Waals surface area contributed by atoms with Crippen LogP contribution in [0.3, 0.4) is 0 Å². The number of phenolic OH excluding ortho intramolecular Hbond substituents is 1. The molecule has 0 atom stereocenters. The summed E-state index contributed by atoms with van der Waals surface area (Å²) in [6, 6.07) is 6.86. The minimum absolute atomic E-state index is 0.231. The van der Waals surface area contributed by atoms with Crippen LogP contribution < -0.4 is 0 Å². The molecule has 0 radical (unpaired) electrons. The summed E-state index contributed by atoms with van der Waals surface area (Å²) in [4.78, 5) is 0. The zero-order valence-corrected chi connectivity index (χ0v) is 7.00. The molecule has 1 aromatic rings. The van der Waals surface area contributed by atoms with Gasteiger partial charge < -0.3 is 5.11 Å². The van der Waals surface area contributed by atoms with E-state index in [0.717, 1.165) is 5.56 Å². The predicted molar refractivity (Wildman–Crippen MR) is 45.5 cm³/mol. The first kappa shape index (κ1) is 9.00. The van der Waals surface area contributed by atoms with Crippen LogP contribution in [0, 0.1) is 0 Å². The fraction of sp³-hybridized carbons (Fsp3) is 0.333. The Morgan fingerprint density at radius 1 is 1.50 bits per heavy atom. The maximum atomic E-state index is 12.3. The van der Waals surface area contributed by atoms with Crippen LogP contribution in [0.2, 0.25) is 0 Å². The zero-order chi connectivity index (χ0) is 8.97. The second-order valence-electron chi connectivity index (χ2n) is 2.75. The van der Waals surface area contributed by atoms with Gasteiger partial charge in [0.1, 0.15) is 5.75 Å². The van der Waals surface area contributed by atoms with Crippen LogP contribution in [0.15, 0.2) is 24.3 Å². The largest absolute Gasteiger partial charge is 0.508 e. The smallest absolute Gasteiger partial charge is 0.115 e. The van der Waals surface area contributed by atoms with Crippen LogP contribution >= 0.6 is 0 Å². The Kier molecular flexibility index (Phi) is 3.05. The topological polar surface area (TPSA) is 23.5 Å². The van der Waals surface area contributed by atoms with E-state index in [1.54, 1.807) is 18.2 Å². The number of benzene rings is 1. The molecule has 0 heterocycles. The average molecular weight is 169 g/mol. The van der Waals surface area contributed by atoms with Gasteiger partial charge in [0.15, 0.2) is 0 Å². The van der Waals surface area contributed by atoms with Crippen LogP contribution in [0.1, 0.15) is 5.56 Å². The summed E-state index contributed by atoms with van der Waals surface area (Å²) < 4.78 is 12.3. The van der Waals surface area contributed by atoms with Gasteiger partial charge in [0.05, 0.1) is 0 Å². The maximum Gasteiger partial charge on any atom is 0.115 e. The zero-order valence-electron chi connectivity index (χ0n) is 7.00. The van der Waals surface area contributed by atoms with Crippen LogP contribution in [0.25, 0.3) is 0 Å². The van der Waals surface area contributed by atoms with E-state index >= 15 is 0 Å². The highest BCUT2D eigenvalue weighted by atomic mass is 19.2. The molecule has 0 unspecified atom stereocenters. The van der Waals surface area contributed by atoms with Crippen molar-refractivity contribution in [3.8, 4) is 5.75 Å². The van der Waals surface area contributed by atoms with Gasteiger partial charge >= 0.3 is 0 Å². The number of likely N-dealkylation sites (N-methyl/N-ethyl adjacent to an activating group) is 1. The summed E-state index contributed by atoms with van der Waals surface area (Å²) in [6.45, 7) is 0.351. The standard InChI is InChI=1S/C9H12FNO/c1-11(10)6-5-8-3-2-4-9(12)7-8/h2-4,7,12H,5-6H2,1H3. The molecule has 0 saturated heterocycles. The van der Waals surface area contributed by atoms with Gasteiger partial charge in [0.2, 0.25) is 0 Å². The summed E-state index contributed by atoms with van der Waals surface area (Å²) in [5, 5.41) is 9.70. The number of rotatable bonds is 3. The molecule has 1 aromatic carbocycles. The summed E-state index contributed by atoms with van der Waals surface area (Å²) >= 11 is 0. The van der Waals surface area contributed by atoms with Gasteiger partial charge in [-0.25, -0.2) is 0 Å². The number of hydrogen-bond donors (Lipinski definition) is 1. The van der Waals surface area contributed by atoms with E-state index in [2.05, 4.69) is 0 Å². The molecule has 0 aromatic heterocycles. The van der Waals surface area contributed by atoms with E-state index in [-0.39, 0.29) is 5.75 Å². The third-order valence-corrected chi connectivity index (χ3v) is 1.62. The van der Waals surface area contributed by atoms with Crippen molar-refractivity contribution >= 4 is 0 Å². The van der Waals surface area contributed by atoms with E-state index < -0.39 is 0 Å². The van der Waals surface area contributed by atoms with E-state index in [1.807, 2.05) is 6.07 Å². The first-order chi connectivity index (χ1) is 5.68. The van der Waals surface area contributed by atoms with Crippen molar-refractivity contribution < 1.29 is 9.59 Å². The van der Waals surface area contributed by atoms with Crippen molar-refractivity contribution in [2.45, 2.75) is 6.42 Å². The van der Waals surface area contributed by atoms with Gasteiger partial charge in [-0.3, -0.25) is 0 Å². The molecule has 0 aliphatic carbocycles. The summed E-state index contributed by atoms with van der Waals surface area (Å²) in [5.74, 6) is 0.231. The molecule has 2 nitrogen and oxygen atoms in total. The molecule has 0 bridgehead atoms. The van der Waals surface area contributed by atoms with Crippen molar-refractivity contribution in [1.29, 1.82) is 0 Å². The maximum absolute atomic E-state index is 12.3. The fourth-order valence-corrected chi connectivity index (χ4v) is 0.995. The third-order valence-electron chi connectivity index (χ3n) is 1.62. The van der Waals surface area contributed by atoms with Gasteiger partial charge in [-0.15, -0.1) is 9.60 Å². The number of nitrogens with zero attached hydrogens (tertiary/aromatic N) is 1. The highest BCUT2D eigenvalue weighted by Gasteiger charge is 1.97. The minimum atomic E-state index is 0.231. The highest BCUT2D eigenvalue weighted by molar-refractivity contribution is 5.27. The second-order valence-corrected chi connectivity index (χ2v) is 2.75. The molecule has 0 aliphatic rings. The lowest BCUT2D eigenvalue weighted by Gasteiger charge is -2.04. The van der Waals surface area contributed by atoms with Gasteiger partial charge in [-0.05, 0) is 24.1 Å². The molecule has 0 fully saturated rings.